The number of fused-ring (bicyclic) bond motifs is 8. The van der Waals surface area contributed by atoms with E-state index in [1.807, 2.05) is 11.8 Å². The Labute approximate surface area is 297 Å². The molecule has 0 saturated heterocycles. The van der Waals surface area contributed by atoms with Gasteiger partial charge in [0, 0.05) is 37.4 Å². The van der Waals surface area contributed by atoms with Gasteiger partial charge in [-0.25, -0.2) is 0 Å². The van der Waals surface area contributed by atoms with Gasteiger partial charge < -0.3 is 9.47 Å². The Morgan fingerprint density at radius 3 is 1.82 bits per heavy atom. The third-order valence-electron chi connectivity index (χ3n) is 10.9. The second kappa shape index (κ2) is 10.7. The van der Waals surface area contributed by atoms with Gasteiger partial charge in [-0.1, -0.05) is 98.4 Å². The highest BCUT2D eigenvalue weighted by atomic mass is 32.2. The Hall–Kier alpha value is -5.51. The SMILES string of the molecule is Cc1ccc2c(c1)Sc1cc(C)ccc1N2c1ccc2c(c1)C(C)(C)c1cc(-c3ccc4c(c3)c3ccccc3n4-c3ccccc3)ccc1-2. The summed E-state index contributed by atoms with van der Waals surface area (Å²) in [6, 6.07) is 54.3. The highest BCUT2D eigenvalue weighted by Gasteiger charge is 2.37. The molecule has 0 atom stereocenters. The van der Waals surface area contributed by atoms with E-state index >= 15 is 0 Å². The Balaban J connectivity index is 1.08. The van der Waals surface area contributed by atoms with Crippen LogP contribution < -0.4 is 4.90 Å². The lowest BCUT2D eigenvalue weighted by atomic mass is 9.81. The van der Waals surface area contributed by atoms with Crippen molar-refractivity contribution in [1.29, 1.82) is 0 Å². The number of aromatic nitrogens is 1. The maximum Gasteiger partial charge on any atom is 0.0601 e. The molecule has 50 heavy (non-hydrogen) atoms. The number of rotatable bonds is 3. The van der Waals surface area contributed by atoms with E-state index in [0.717, 1.165) is 0 Å². The van der Waals surface area contributed by atoms with Crippen molar-refractivity contribution in [2.75, 3.05) is 4.90 Å². The molecule has 0 fully saturated rings. The van der Waals surface area contributed by atoms with Gasteiger partial charge in [0.05, 0.1) is 22.4 Å². The van der Waals surface area contributed by atoms with E-state index in [1.165, 1.54) is 98.9 Å². The van der Waals surface area contributed by atoms with Gasteiger partial charge in [-0.2, -0.15) is 0 Å². The quantitative estimate of drug-likeness (QED) is 0.186. The monoisotopic (exact) mass is 660 g/mol. The van der Waals surface area contributed by atoms with Gasteiger partial charge in [0.15, 0.2) is 0 Å². The first kappa shape index (κ1) is 29.4. The maximum atomic E-state index is 2.46. The molecule has 2 heterocycles. The molecule has 7 aromatic carbocycles. The molecule has 0 bridgehead atoms. The average Bonchev–Trinajstić information content (AvgIpc) is 3.58. The van der Waals surface area contributed by atoms with Crippen LogP contribution in [0.25, 0.3) is 49.7 Å². The topological polar surface area (TPSA) is 8.17 Å². The molecule has 0 radical (unpaired) electrons. The number of aryl methyl sites for hydroxylation is 2. The summed E-state index contributed by atoms with van der Waals surface area (Å²) in [7, 11) is 0. The predicted molar refractivity (Wildman–Crippen MR) is 212 cm³/mol. The van der Waals surface area contributed by atoms with E-state index in [-0.39, 0.29) is 5.41 Å². The van der Waals surface area contributed by atoms with Crippen LogP contribution in [0.4, 0.5) is 17.1 Å². The van der Waals surface area contributed by atoms with E-state index < -0.39 is 0 Å². The molecular formula is C47H36N2S. The van der Waals surface area contributed by atoms with Gasteiger partial charge in [0.1, 0.15) is 0 Å². The van der Waals surface area contributed by atoms with Gasteiger partial charge in [0.25, 0.3) is 0 Å². The van der Waals surface area contributed by atoms with E-state index in [2.05, 4.69) is 183 Å². The van der Waals surface area contributed by atoms with E-state index in [1.54, 1.807) is 0 Å². The summed E-state index contributed by atoms with van der Waals surface area (Å²) in [5.41, 5.74) is 17.7. The van der Waals surface area contributed by atoms with Gasteiger partial charge in [-0.05, 0) is 131 Å². The van der Waals surface area contributed by atoms with Crippen molar-refractivity contribution in [2.24, 2.45) is 0 Å². The summed E-state index contributed by atoms with van der Waals surface area (Å²) < 4.78 is 2.38. The van der Waals surface area contributed by atoms with Crippen LogP contribution in [0, 0.1) is 13.8 Å². The predicted octanol–water partition coefficient (Wildman–Crippen LogP) is 13.3. The lowest BCUT2D eigenvalue weighted by Gasteiger charge is -2.34. The zero-order chi connectivity index (χ0) is 33.7. The van der Waals surface area contributed by atoms with Crippen molar-refractivity contribution in [2.45, 2.75) is 42.9 Å². The van der Waals surface area contributed by atoms with Crippen molar-refractivity contribution in [3.63, 3.8) is 0 Å². The van der Waals surface area contributed by atoms with Gasteiger partial charge in [0.2, 0.25) is 0 Å². The number of benzene rings is 7. The lowest BCUT2D eigenvalue weighted by Crippen LogP contribution is -2.18. The largest absolute Gasteiger partial charge is 0.309 e. The summed E-state index contributed by atoms with van der Waals surface area (Å²) in [6.07, 6.45) is 0. The molecular weight excluding hydrogens is 625 g/mol. The number of hydrogen-bond acceptors (Lipinski definition) is 2. The van der Waals surface area contributed by atoms with Crippen LogP contribution in [-0.2, 0) is 5.41 Å². The maximum absolute atomic E-state index is 2.46. The summed E-state index contributed by atoms with van der Waals surface area (Å²) in [5.74, 6) is 0. The van der Waals surface area contributed by atoms with Crippen LogP contribution in [0.1, 0.15) is 36.1 Å². The van der Waals surface area contributed by atoms with Crippen LogP contribution in [0.15, 0.2) is 155 Å². The molecule has 3 heteroatoms. The second-order valence-corrected chi connectivity index (χ2v) is 15.5. The summed E-state index contributed by atoms with van der Waals surface area (Å²) in [5, 5.41) is 2.56. The van der Waals surface area contributed by atoms with Crippen LogP contribution in [0.5, 0.6) is 0 Å². The first-order valence-corrected chi connectivity index (χ1v) is 18.2. The van der Waals surface area contributed by atoms with Crippen molar-refractivity contribution < 1.29 is 0 Å². The summed E-state index contributed by atoms with van der Waals surface area (Å²) in [6.45, 7) is 9.15. The van der Waals surface area contributed by atoms with E-state index in [4.69, 9.17) is 0 Å². The fraction of sp³-hybridized carbons (Fsp3) is 0.106. The minimum Gasteiger partial charge on any atom is -0.309 e. The standard InChI is InChI=1S/C47H36N2S/c1-29-14-21-43-45(24-29)50-46-25-30(2)15-22-44(46)49(43)34-18-20-36-35-19-16-32(27-39(35)47(3,4)40(36)28-34)31-17-23-42-38(26-31)37-12-8-9-13-41(37)48(42)33-10-6-5-7-11-33/h5-28H,1-4H3. The molecule has 0 unspecified atom stereocenters. The molecule has 1 aliphatic heterocycles. The molecule has 1 aromatic heterocycles. The molecule has 240 valence electrons. The Bertz CT molecular complexity index is 2630. The first-order valence-electron chi connectivity index (χ1n) is 17.4. The van der Waals surface area contributed by atoms with Crippen LogP contribution >= 0.6 is 11.8 Å². The van der Waals surface area contributed by atoms with Crippen LogP contribution in [0.3, 0.4) is 0 Å². The zero-order valence-electron chi connectivity index (χ0n) is 28.7. The van der Waals surface area contributed by atoms with E-state index in [9.17, 15) is 0 Å². The average molecular weight is 661 g/mol. The highest BCUT2D eigenvalue weighted by molar-refractivity contribution is 7.99. The minimum absolute atomic E-state index is 0.152. The summed E-state index contributed by atoms with van der Waals surface area (Å²) in [4.78, 5) is 5.07. The smallest absolute Gasteiger partial charge is 0.0601 e. The first-order chi connectivity index (χ1) is 24.3. The third-order valence-corrected chi connectivity index (χ3v) is 12.0. The Morgan fingerprint density at radius 2 is 1.08 bits per heavy atom. The van der Waals surface area contributed by atoms with E-state index in [0.29, 0.717) is 0 Å². The molecule has 0 saturated carbocycles. The Kier molecular flexibility index (Phi) is 6.32. The molecule has 1 aliphatic carbocycles. The zero-order valence-corrected chi connectivity index (χ0v) is 29.5. The highest BCUT2D eigenvalue weighted by Crippen LogP contribution is 2.55. The van der Waals surface area contributed by atoms with Gasteiger partial charge in [-0.3, -0.25) is 0 Å². The summed E-state index contributed by atoms with van der Waals surface area (Å²) >= 11 is 1.88. The fourth-order valence-electron chi connectivity index (χ4n) is 8.35. The minimum atomic E-state index is -0.152. The lowest BCUT2D eigenvalue weighted by molar-refractivity contribution is 0.660. The number of anilines is 3. The third kappa shape index (κ3) is 4.30. The Morgan fingerprint density at radius 1 is 0.480 bits per heavy atom. The number of nitrogens with zero attached hydrogens (tertiary/aromatic N) is 2. The molecule has 2 nitrogen and oxygen atoms in total. The normalized spacial score (nSPS) is 14.0. The van der Waals surface area contributed by atoms with Crippen molar-refractivity contribution in [3.05, 3.63) is 168 Å². The van der Waals surface area contributed by atoms with Gasteiger partial charge >= 0.3 is 0 Å². The number of para-hydroxylation sites is 2. The molecule has 8 aromatic rings. The van der Waals surface area contributed by atoms with Crippen LogP contribution in [0.2, 0.25) is 0 Å². The molecule has 0 N–H and O–H groups in total. The fourth-order valence-corrected chi connectivity index (χ4v) is 9.61. The molecule has 0 amide bonds. The molecule has 2 aliphatic rings. The van der Waals surface area contributed by atoms with Crippen molar-refractivity contribution in [1.82, 2.24) is 4.57 Å². The van der Waals surface area contributed by atoms with Crippen molar-refractivity contribution in [3.8, 4) is 27.9 Å². The molecule has 0 spiro atoms. The number of hydrogen-bond donors (Lipinski definition) is 0. The van der Waals surface area contributed by atoms with Gasteiger partial charge in [-0.15, -0.1) is 0 Å². The molecule has 10 rings (SSSR count). The van der Waals surface area contributed by atoms with Crippen molar-refractivity contribution >= 4 is 50.6 Å². The second-order valence-electron chi connectivity index (χ2n) is 14.4. The van der Waals surface area contributed by atoms with Crippen LogP contribution in [-0.4, -0.2) is 4.57 Å².